The minimum absolute atomic E-state index is 0. The fraction of sp³-hybridized carbons (Fsp3) is 0.538. The van der Waals surface area contributed by atoms with Crippen LogP contribution in [0.4, 0.5) is 0 Å². The van der Waals surface area contributed by atoms with Gasteiger partial charge in [-0.2, -0.15) is 0 Å². The highest BCUT2D eigenvalue weighted by molar-refractivity contribution is 6.33. The molecule has 2 heterocycles. The predicted molar refractivity (Wildman–Crippen MR) is 78.8 cm³/mol. The molecule has 1 saturated heterocycles. The topological polar surface area (TPSA) is 59.2 Å². The van der Waals surface area contributed by atoms with Crippen molar-refractivity contribution in [3.8, 4) is 0 Å². The number of nitrogens with zero attached hydrogens (tertiary/aromatic N) is 2. The van der Waals surface area contributed by atoms with Crippen LogP contribution >= 0.6 is 24.0 Å². The summed E-state index contributed by atoms with van der Waals surface area (Å²) in [7, 11) is 0. The fourth-order valence-electron chi connectivity index (χ4n) is 2.46. The van der Waals surface area contributed by atoms with E-state index in [0.29, 0.717) is 10.6 Å². The van der Waals surface area contributed by atoms with Crippen molar-refractivity contribution in [3.05, 3.63) is 29.0 Å². The third-order valence-corrected chi connectivity index (χ3v) is 3.72. The van der Waals surface area contributed by atoms with Gasteiger partial charge in [-0.15, -0.1) is 12.4 Å². The number of aromatic nitrogens is 1. The Hall–Kier alpha value is -0.840. The fourth-order valence-corrected chi connectivity index (χ4v) is 2.66. The highest BCUT2D eigenvalue weighted by Crippen LogP contribution is 2.23. The summed E-state index contributed by atoms with van der Waals surface area (Å²) in [4.78, 5) is 18.2. The number of nitrogens with two attached hydrogens (primary N) is 1. The maximum Gasteiger partial charge on any atom is 0.255 e. The molecule has 1 amide bonds. The normalized spacial score (nSPS) is 20.6. The van der Waals surface area contributed by atoms with E-state index in [1.54, 1.807) is 12.3 Å². The van der Waals surface area contributed by atoms with E-state index in [1.165, 1.54) is 6.20 Å². The second kappa shape index (κ2) is 7.08. The zero-order valence-electron chi connectivity index (χ0n) is 10.9. The van der Waals surface area contributed by atoms with E-state index in [4.69, 9.17) is 17.3 Å². The van der Waals surface area contributed by atoms with Gasteiger partial charge in [0.1, 0.15) is 0 Å². The summed E-state index contributed by atoms with van der Waals surface area (Å²) in [5.41, 5.74) is 6.49. The molecule has 0 bridgehead atoms. The zero-order valence-corrected chi connectivity index (χ0v) is 12.5. The quantitative estimate of drug-likeness (QED) is 0.913. The molecule has 0 spiro atoms. The van der Waals surface area contributed by atoms with E-state index >= 15 is 0 Å². The Labute approximate surface area is 124 Å². The third kappa shape index (κ3) is 3.59. The lowest BCUT2D eigenvalue weighted by atomic mass is 9.96. The first kappa shape index (κ1) is 16.2. The van der Waals surface area contributed by atoms with Crippen LogP contribution in [-0.2, 0) is 0 Å². The molecule has 2 N–H and O–H groups in total. The Kier molecular flexibility index (Phi) is 6.04. The van der Waals surface area contributed by atoms with Gasteiger partial charge in [0.25, 0.3) is 5.91 Å². The molecule has 2 atom stereocenters. The Morgan fingerprint density at radius 3 is 2.95 bits per heavy atom. The minimum atomic E-state index is -0.0376. The van der Waals surface area contributed by atoms with Crippen molar-refractivity contribution in [2.75, 3.05) is 6.54 Å². The van der Waals surface area contributed by atoms with Gasteiger partial charge < -0.3 is 10.6 Å². The van der Waals surface area contributed by atoms with Crippen LogP contribution in [0.3, 0.4) is 0 Å². The monoisotopic (exact) mass is 303 g/mol. The Morgan fingerprint density at radius 2 is 2.32 bits per heavy atom. The van der Waals surface area contributed by atoms with Gasteiger partial charge in [-0.05, 0) is 32.3 Å². The van der Waals surface area contributed by atoms with Crippen LogP contribution in [-0.4, -0.2) is 34.4 Å². The molecule has 2 unspecified atom stereocenters. The van der Waals surface area contributed by atoms with E-state index in [1.807, 2.05) is 11.8 Å². The Balaban J connectivity index is 0.00000180. The molecule has 0 aromatic carbocycles. The van der Waals surface area contributed by atoms with Crippen molar-refractivity contribution in [2.45, 2.75) is 38.3 Å². The Morgan fingerprint density at radius 1 is 1.58 bits per heavy atom. The molecular formula is C13H19Cl2N3O. The van der Waals surface area contributed by atoms with Crippen LogP contribution in [0.2, 0.25) is 5.02 Å². The molecule has 4 nitrogen and oxygen atoms in total. The summed E-state index contributed by atoms with van der Waals surface area (Å²) in [6.45, 7) is 2.70. The first-order valence-electron chi connectivity index (χ1n) is 6.27. The van der Waals surface area contributed by atoms with Gasteiger partial charge in [-0.25, -0.2) is 0 Å². The van der Waals surface area contributed by atoms with Crippen molar-refractivity contribution < 1.29 is 4.79 Å². The summed E-state index contributed by atoms with van der Waals surface area (Å²) < 4.78 is 0. The van der Waals surface area contributed by atoms with Crippen molar-refractivity contribution in [1.82, 2.24) is 9.88 Å². The first-order valence-corrected chi connectivity index (χ1v) is 6.65. The van der Waals surface area contributed by atoms with Crippen LogP contribution in [0, 0.1) is 0 Å². The maximum atomic E-state index is 12.5. The van der Waals surface area contributed by atoms with Crippen LogP contribution in [0.1, 0.15) is 36.5 Å². The molecule has 0 aliphatic carbocycles. The highest BCUT2D eigenvalue weighted by atomic mass is 35.5. The third-order valence-electron chi connectivity index (χ3n) is 3.42. The number of carbonyl (C=O) groups excluding carboxylic acids is 1. The van der Waals surface area contributed by atoms with Crippen LogP contribution in [0.25, 0.3) is 0 Å². The van der Waals surface area contributed by atoms with E-state index in [0.717, 1.165) is 25.8 Å². The van der Waals surface area contributed by atoms with Gasteiger partial charge in [0, 0.05) is 31.0 Å². The number of halogens is 2. The number of carbonyl (C=O) groups is 1. The van der Waals surface area contributed by atoms with Crippen LogP contribution in [0.5, 0.6) is 0 Å². The molecule has 1 aromatic rings. The van der Waals surface area contributed by atoms with Gasteiger partial charge in [0.05, 0.1) is 10.6 Å². The van der Waals surface area contributed by atoms with E-state index in [-0.39, 0.29) is 30.4 Å². The molecule has 1 aliphatic heterocycles. The van der Waals surface area contributed by atoms with Crippen molar-refractivity contribution in [1.29, 1.82) is 0 Å². The van der Waals surface area contributed by atoms with E-state index < -0.39 is 0 Å². The summed E-state index contributed by atoms with van der Waals surface area (Å²) in [6, 6.07) is 1.75. The van der Waals surface area contributed by atoms with Crippen molar-refractivity contribution >= 4 is 29.9 Å². The minimum Gasteiger partial charge on any atom is -0.334 e. The molecule has 1 aromatic heterocycles. The predicted octanol–water partition coefficient (Wildman–Crippen LogP) is 2.50. The maximum absolute atomic E-state index is 12.5. The van der Waals surface area contributed by atoms with Gasteiger partial charge in [0.15, 0.2) is 0 Å². The highest BCUT2D eigenvalue weighted by Gasteiger charge is 2.30. The van der Waals surface area contributed by atoms with Crippen molar-refractivity contribution in [3.63, 3.8) is 0 Å². The van der Waals surface area contributed by atoms with Gasteiger partial charge in [-0.3, -0.25) is 9.78 Å². The lowest BCUT2D eigenvalue weighted by molar-refractivity contribution is 0.0584. The number of pyridine rings is 1. The first-order chi connectivity index (χ1) is 8.61. The van der Waals surface area contributed by atoms with Crippen molar-refractivity contribution in [2.24, 2.45) is 5.73 Å². The number of hydrogen-bond donors (Lipinski definition) is 1. The number of hydrogen-bond acceptors (Lipinski definition) is 3. The van der Waals surface area contributed by atoms with E-state index in [9.17, 15) is 4.79 Å². The second-order valence-electron chi connectivity index (χ2n) is 4.78. The number of piperidine rings is 1. The molecular weight excluding hydrogens is 285 g/mol. The summed E-state index contributed by atoms with van der Waals surface area (Å²) >= 11 is 6.02. The molecule has 0 saturated carbocycles. The average Bonchev–Trinajstić information content (AvgIpc) is 2.38. The number of rotatable bonds is 2. The number of likely N-dealkylation sites (tertiary alicyclic amines) is 1. The average molecular weight is 304 g/mol. The standard InChI is InChI=1S/C13H18ClN3O.ClH/c1-9(15)12-4-2-3-7-17(12)13(18)10-5-6-16-8-11(10)14;/h5-6,8-9,12H,2-4,7,15H2,1H3;1H. The summed E-state index contributed by atoms with van der Waals surface area (Å²) in [6.07, 6.45) is 6.20. The Bertz CT molecular complexity index is 440. The lowest BCUT2D eigenvalue weighted by Crippen LogP contribution is -2.51. The molecule has 1 aliphatic rings. The molecule has 0 radical (unpaired) electrons. The SMILES string of the molecule is CC(N)C1CCCCN1C(=O)c1ccncc1Cl.Cl. The van der Waals surface area contributed by atoms with Gasteiger partial charge in [-0.1, -0.05) is 11.6 Å². The molecule has 2 rings (SSSR count). The van der Waals surface area contributed by atoms with Gasteiger partial charge >= 0.3 is 0 Å². The summed E-state index contributed by atoms with van der Waals surface area (Å²) in [5, 5.41) is 0.400. The second-order valence-corrected chi connectivity index (χ2v) is 5.18. The molecule has 19 heavy (non-hydrogen) atoms. The number of amides is 1. The molecule has 106 valence electrons. The molecule has 1 fully saturated rings. The van der Waals surface area contributed by atoms with Crippen LogP contribution < -0.4 is 5.73 Å². The van der Waals surface area contributed by atoms with E-state index in [2.05, 4.69) is 4.98 Å². The summed E-state index contributed by atoms with van der Waals surface area (Å²) in [5.74, 6) is -0.0376. The smallest absolute Gasteiger partial charge is 0.255 e. The van der Waals surface area contributed by atoms with Crippen LogP contribution in [0.15, 0.2) is 18.5 Å². The largest absolute Gasteiger partial charge is 0.334 e. The van der Waals surface area contributed by atoms with Gasteiger partial charge in [0.2, 0.25) is 0 Å². The lowest BCUT2D eigenvalue weighted by Gasteiger charge is -2.38. The zero-order chi connectivity index (χ0) is 13.1. The molecule has 6 heteroatoms.